The molecule has 0 unspecified atom stereocenters. The fourth-order valence-corrected chi connectivity index (χ4v) is 2.14. The predicted molar refractivity (Wildman–Crippen MR) is 80.6 cm³/mol. The van der Waals surface area contributed by atoms with Gasteiger partial charge >= 0.3 is 0 Å². The molecular weight excluding hydrogens is 290 g/mol. The number of benzene rings is 1. The summed E-state index contributed by atoms with van der Waals surface area (Å²) in [4.78, 5) is 11.8. The first kappa shape index (κ1) is 15.4. The zero-order chi connectivity index (χ0) is 15.4. The number of hydrogen-bond acceptors (Lipinski definition) is 6. The second kappa shape index (κ2) is 6.62. The average Bonchev–Trinajstić information content (AvgIpc) is 2.90. The first-order chi connectivity index (χ1) is 9.95. The third-order valence-electron chi connectivity index (χ3n) is 2.72. The van der Waals surface area contributed by atoms with Crippen molar-refractivity contribution in [2.75, 3.05) is 11.1 Å². The molecule has 21 heavy (non-hydrogen) atoms. The summed E-state index contributed by atoms with van der Waals surface area (Å²) < 4.78 is 5.41. The van der Waals surface area contributed by atoms with Crippen molar-refractivity contribution in [1.29, 1.82) is 0 Å². The van der Waals surface area contributed by atoms with Crippen molar-refractivity contribution in [2.24, 2.45) is 0 Å². The van der Waals surface area contributed by atoms with E-state index in [-0.39, 0.29) is 23.3 Å². The Balaban J connectivity index is 1.88. The number of anilines is 1. The zero-order valence-electron chi connectivity index (χ0n) is 12.1. The van der Waals surface area contributed by atoms with Crippen molar-refractivity contribution in [2.45, 2.75) is 31.9 Å². The zero-order valence-corrected chi connectivity index (χ0v) is 12.9. The predicted octanol–water partition coefficient (Wildman–Crippen LogP) is 2.94. The van der Waals surface area contributed by atoms with E-state index < -0.39 is 0 Å². The summed E-state index contributed by atoms with van der Waals surface area (Å²) in [5, 5.41) is 20.3. The van der Waals surface area contributed by atoms with Crippen LogP contribution in [0, 0.1) is 6.92 Å². The van der Waals surface area contributed by atoms with Crippen LogP contribution in [0.4, 0.5) is 5.69 Å². The second-order valence-corrected chi connectivity index (χ2v) is 5.83. The van der Waals surface area contributed by atoms with E-state index in [1.165, 1.54) is 11.8 Å². The number of aromatic hydroxyl groups is 1. The maximum absolute atomic E-state index is 11.8. The molecule has 7 heteroatoms. The Morgan fingerprint density at radius 3 is 2.81 bits per heavy atom. The SMILES string of the molecule is Cc1cc(NC(=O)CSc2nnc(C(C)C)o2)ccc1O. The Labute approximate surface area is 127 Å². The topological polar surface area (TPSA) is 88.3 Å². The summed E-state index contributed by atoms with van der Waals surface area (Å²) in [7, 11) is 0. The van der Waals surface area contributed by atoms with E-state index in [4.69, 9.17) is 4.42 Å². The number of carbonyl (C=O) groups excluding carboxylic acids is 1. The minimum absolute atomic E-state index is 0.167. The Hall–Kier alpha value is -2.02. The van der Waals surface area contributed by atoms with Gasteiger partial charge in [0.15, 0.2) is 0 Å². The average molecular weight is 307 g/mol. The number of carbonyl (C=O) groups is 1. The van der Waals surface area contributed by atoms with Gasteiger partial charge in [0.2, 0.25) is 11.8 Å². The summed E-state index contributed by atoms with van der Waals surface area (Å²) in [6.07, 6.45) is 0. The number of amides is 1. The maximum Gasteiger partial charge on any atom is 0.277 e. The molecule has 1 aromatic carbocycles. The summed E-state index contributed by atoms with van der Waals surface area (Å²) in [6.45, 7) is 5.69. The quantitative estimate of drug-likeness (QED) is 0.652. The van der Waals surface area contributed by atoms with E-state index in [0.29, 0.717) is 22.4 Å². The molecule has 0 aliphatic carbocycles. The number of phenolic OH excluding ortho intramolecular Hbond substituents is 1. The number of phenols is 1. The van der Waals surface area contributed by atoms with Crippen LogP contribution in [0.25, 0.3) is 0 Å². The van der Waals surface area contributed by atoms with Crippen LogP contribution < -0.4 is 5.32 Å². The number of nitrogens with one attached hydrogen (secondary N) is 1. The van der Waals surface area contributed by atoms with E-state index in [9.17, 15) is 9.90 Å². The first-order valence-corrected chi connectivity index (χ1v) is 7.50. The number of thioether (sulfide) groups is 1. The van der Waals surface area contributed by atoms with Gasteiger partial charge < -0.3 is 14.8 Å². The van der Waals surface area contributed by atoms with Gasteiger partial charge in [-0.05, 0) is 30.7 Å². The van der Waals surface area contributed by atoms with Crippen molar-refractivity contribution in [3.63, 3.8) is 0 Å². The van der Waals surface area contributed by atoms with Gasteiger partial charge in [-0.1, -0.05) is 25.6 Å². The van der Waals surface area contributed by atoms with Crippen molar-refractivity contribution in [1.82, 2.24) is 10.2 Å². The van der Waals surface area contributed by atoms with Gasteiger partial charge in [-0.15, -0.1) is 10.2 Å². The highest BCUT2D eigenvalue weighted by molar-refractivity contribution is 7.99. The van der Waals surface area contributed by atoms with Crippen LogP contribution in [0.3, 0.4) is 0 Å². The lowest BCUT2D eigenvalue weighted by Gasteiger charge is -2.06. The van der Waals surface area contributed by atoms with Crippen LogP contribution in [0.2, 0.25) is 0 Å². The molecule has 1 heterocycles. The number of aryl methyl sites for hydroxylation is 1. The molecule has 0 saturated heterocycles. The van der Waals surface area contributed by atoms with E-state index in [1.54, 1.807) is 25.1 Å². The van der Waals surface area contributed by atoms with E-state index in [0.717, 1.165) is 0 Å². The van der Waals surface area contributed by atoms with Crippen LogP contribution in [-0.2, 0) is 4.79 Å². The monoisotopic (exact) mass is 307 g/mol. The standard InChI is InChI=1S/C14H17N3O3S/c1-8(2)13-16-17-14(20-13)21-7-12(19)15-10-4-5-11(18)9(3)6-10/h4-6,8,18H,7H2,1-3H3,(H,15,19). The molecule has 112 valence electrons. The molecule has 0 spiro atoms. The molecule has 2 aromatic rings. The lowest BCUT2D eigenvalue weighted by atomic mass is 10.2. The van der Waals surface area contributed by atoms with Gasteiger partial charge in [0, 0.05) is 11.6 Å². The molecule has 0 radical (unpaired) electrons. The number of hydrogen-bond donors (Lipinski definition) is 2. The molecule has 0 saturated carbocycles. The van der Waals surface area contributed by atoms with Crippen molar-refractivity contribution in [3.8, 4) is 5.75 Å². The highest BCUT2D eigenvalue weighted by atomic mass is 32.2. The van der Waals surface area contributed by atoms with Crippen LogP contribution in [0.15, 0.2) is 27.8 Å². The van der Waals surface area contributed by atoms with Crippen molar-refractivity contribution in [3.05, 3.63) is 29.7 Å². The second-order valence-electron chi connectivity index (χ2n) is 4.90. The third kappa shape index (κ3) is 4.22. The molecular formula is C14H17N3O3S. The molecule has 0 aliphatic rings. The van der Waals surface area contributed by atoms with Crippen LogP contribution in [-0.4, -0.2) is 27.0 Å². The molecule has 0 aliphatic heterocycles. The van der Waals surface area contributed by atoms with Crippen LogP contribution in [0.1, 0.15) is 31.2 Å². The van der Waals surface area contributed by atoms with Gasteiger partial charge in [0.05, 0.1) is 5.75 Å². The summed E-state index contributed by atoms with van der Waals surface area (Å²) in [5.74, 6) is 0.941. The molecule has 6 nitrogen and oxygen atoms in total. The third-order valence-corrected chi connectivity index (χ3v) is 3.54. The van der Waals surface area contributed by atoms with E-state index >= 15 is 0 Å². The van der Waals surface area contributed by atoms with Crippen molar-refractivity contribution < 1.29 is 14.3 Å². The normalized spacial score (nSPS) is 10.9. The molecule has 2 rings (SSSR count). The summed E-state index contributed by atoms with van der Waals surface area (Å²) >= 11 is 1.19. The summed E-state index contributed by atoms with van der Waals surface area (Å²) in [6, 6.07) is 4.90. The molecule has 1 aromatic heterocycles. The smallest absolute Gasteiger partial charge is 0.277 e. The minimum atomic E-state index is -0.172. The lowest BCUT2D eigenvalue weighted by Crippen LogP contribution is -2.14. The first-order valence-electron chi connectivity index (χ1n) is 6.51. The van der Waals surface area contributed by atoms with Gasteiger partial charge in [-0.25, -0.2) is 0 Å². The highest BCUT2D eigenvalue weighted by Crippen LogP contribution is 2.22. The van der Waals surface area contributed by atoms with Gasteiger partial charge in [0.1, 0.15) is 5.75 Å². The maximum atomic E-state index is 11.8. The Morgan fingerprint density at radius 1 is 1.43 bits per heavy atom. The molecule has 1 amide bonds. The molecule has 0 bridgehead atoms. The van der Waals surface area contributed by atoms with Crippen LogP contribution in [0.5, 0.6) is 5.75 Å². The van der Waals surface area contributed by atoms with E-state index in [2.05, 4.69) is 15.5 Å². The lowest BCUT2D eigenvalue weighted by molar-refractivity contribution is -0.113. The fraction of sp³-hybridized carbons (Fsp3) is 0.357. The Kier molecular flexibility index (Phi) is 4.85. The molecule has 0 fully saturated rings. The number of nitrogens with zero attached hydrogens (tertiary/aromatic N) is 2. The van der Waals surface area contributed by atoms with E-state index in [1.807, 2.05) is 13.8 Å². The number of rotatable bonds is 5. The fourth-order valence-electron chi connectivity index (χ4n) is 1.57. The number of aromatic nitrogens is 2. The van der Waals surface area contributed by atoms with Gasteiger partial charge in [-0.3, -0.25) is 4.79 Å². The molecule has 0 atom stereocenters. The summed E-state index contributed by atoms with van der Waals surface area (Å²) in [5.41, 5.74) is 1.35. The largest absolute Gasteiger partial charge is 0.508 e. The Morgan fingerprint density at radius 2 is 2.19 bits per heavy atom. The van der Waals surface area contributed by atoms with Crippen LogP contribution >= 0.6 is 11.8 Å². The Bertz CT molecular complexity index is 640. The molecule has 2 N–H and O–H groups in total. The van der Waals surface area contributed by atoms with Gasteiger partial charge in [0.25, 0.3) is 5.22 Å². The van der Waals surface area contributed by atoms with Gasteiger partial charge in [-0.2, -0.15) is 0 Å². The van der Waals surface area contributed by atoms with Crippen molar-refractivity contribution >= 4 is 23.4 Å². The highest BCUT2D eigenvalue weighted by Gasteiger charge is 2.12. The minimum Gasteiger partial charge on any atom is -0.508 e.